The first-order valence-electron chi connectivity index (χ1n) is 6.30. The zero-order valence-electron chi connectivity index (χ0n) is 11.5. The van der Waals surface area contributed by atoms with Gasteiger partial charge in [-0.2, -0.15) is 0 Å². The molecule has 2 aromatic heterocycles. The lowest BCUT2D eigenvalue weighted by molar-refractivity contribution is 0.747. The van der Waals surface area contributed by atoms with E-state index in [1.165, 1.54) is 6.33 Å². The summed E-state index contributed by atoms with van der Waals surface area (Å²) >= 11 is 6.17. The van der Waals surface area contributed by atoms with Gasteiger partial charge in [-0.25, -0.2) is 15.0 Å². The Kier molecular flexibility index (Phi) is 4.37. The monoisotopic (exact) mass is 279 g/mol. The van der Waals surface area contributed by atoms with Gasteiger partial charge in [-0.15, -0.1) is 0 Å². The molecule has 0 saturated carbocycles. The van der Waals surface area contributed by atoms with Gasteiger partial charge in [0.05, 0.1) is 6.54 Å². The van der Waals surface area contributed by atoms with Crippen molar-refractivity contribution in [2.24, 2.45) is 7.05 Å². The second-order valence-corrected chi connectivity index (χ2v) is 4.89. The summed E-state index contributed by atoms with van der Waals surface area (Å²) in [5, 5.41) is 0.540. The van der Waals surface area contributed by atoms with Crippen LogP contribution < -0.4 is 4.90 Å². The van der Waals surface area contributed by atoms with E-state index in [0.717, 1.165) is 30.0 Å². The second kappa shape index (κ2) is 6.02. The summed E-state index contributed by atoms with van der Waals surface area (Å²) in [6.45, 7) is 2.80. The van der Waals surface area contributed by atoms with Crippen LogP contribution in [0, 0.1) is 0 Å². The molecule has 2 rings (SSSR count). The molecule has 2 heterocycles. The van der Waals surface area contributed by atoms with Crippen LogP contribution in [0.4, 0.5) is 5.82 Å². The van der Waals surface area contributed by atoms with Crippen molar-refractivity contribution in [1.29, 1.82) is 0 Å². The van der Waals surface area contributed by atoms with E-state index in [9.17, 15) is 0 Å². The quantitative estimate of drug-likeness (QED) is 0.789. The van der Waals surface area contributed by atoms with Crippen LogP contribution >= 0.6 is 11.6 Å². The minimum absolute atomic E-state index is 0.540. The topological polar surface area (TPSA) is 46.8 Å². The molecule has 6 heteroatoms. The SMILES string of the molecule is CCCc1c(Cl)ncnc1N(C)Cc1nccn1C. The Balaban J connectivity index is 2.26. The largest absolute Gasteiger partial charge is 0.352 e. The maximum Gasteiger partial charge on any atom is 0.137 e. The summed E-state index contributed by atoms with van der Waals surface area (Å²) in [5.41, 5.74) is 1.00. The van der Waals surface area contributed by atoms with E-state index >= 15 is 0 Å². The van der Waals surface area contributed by atoms with Crippen molar-refractivity contribution < 1.29 is 0 Å². The van der Waals surface area contributed by atoms with Gasteiger partial charge in [0.1, 0.15) is 23.1 Å². The smallest absolute Gasteiger partial charge is 0.137 e. The van der Waals surface area contributed by atoms with Gasteiger partial charge in [0.2, 0.25) is 0 Å². The Labute approximate surface area is 118 Å². The van der Waals surface area contributed by atoms with Crippen molar-refractivity contribution in [3.8, 4) is 0 Å². The molecule has 0 fully saturated rings. The zero-order chi connectivity index (χ0) is 13.8. The summed E-state index contributed by atoms with van der Waals surface area (Å²) in [6.07, 6.45) is 7.12. The molecular weight excluding hydrogens is 262 g/mol. The van der Waals surface area contributed by atoms with Gasteiger partial charge < -0.3 is 9.47 Å². The molecule has 0 radical (unpaired) electrons. The third-order valence-electron chi connectivity index (χ3n) is 3.03. The molecule has 5 nitrogen and oxygen atoms in total. The lowest BCUT2D eigenvalue weighted by atomic mass is 10.2. The lowest BCUT2D eigenvalue weighted by Crippen LogP contribution is -2.22. The maximum atomic E-state index is 6.17. The summed E-state index contributed by atoms with van der Waals surface area (Å²) in [4.78, 5) is 14.8. The number of halogens is 1. The second-order valence-electron chi connectivity index (χ2n) is 4.53. The summed E-state index contributed by atoms with van der Waals surface area (Å²) < 4.78 is 2.00. The fourth-order valence-corrected chi connectivity index (χ4v) is 2.23. The predicted molar refractivity (Wildman–Crippen MR) is 76.4 cm³/mol. The number of aryl methyl sites for hydroxylation is 1. The van der Waals surface area contributed by atoms with Crippen molar-refractivity contribution in [1.82, 2.24) is 19.5 Å². The minimum atomic E-state index is 0.540. The van der Waals surface area contributed by atoms with Crippen LogP contribution in [-0.4, -0.2) is 26.6 Å². The highest BCUT2D eigenvalue weighted by Crippen LogP contribution is 2.24. The molecule has 0 bridgehead atoms. The Morgan fingerprint density at radius 2 is 2.11 bits per heavy atom. The van der Waals surface area contributed by atoms with Gasteiger partial charge in [0, 0.05) is 32.1 Å². The van der Waals surface area contributed by atoms with Gasteiger partial charge in [-0.3, -0.25) is 0 Å². The molecule has 19 heavy (non-hydrogen) atoms. The van der Waals surface area contributed by atoms with E-state index in [2.05, 4.69) is 26.8 Å². The van der Waals surface area contributed by atoms with Gasteiger partial charge >= 0.3 is 0 Å². The number of anilines is 1. The number of imidazole rings is 1. The minimum Gasteiger partial charge on any atom is -0.352 e. The van der Waals surface area contributed by atoms with Crippen LogP contribution in [0.5, 0.6) is 0 Å². The van der Waals surface area contributed by atoms with E-state index in [1.807, 2.05) is 24.9 Å². The van der Waals surface area contributed by atoms with Crippen LogP contribution in [0.25, 0.3) is 0 Å². The molecule has 0 unspecified atom stereocenters. The van der Waals surface area contributed by atoms with E-state index < -0.39 is 0 Å². The molecule has 0 N–H and O–H groups in total. The summed E-state index contributed by atoms with van der Waals surface area (Å²) in [6, 6.07) is 0. The Hall–Kier alpha value is -1.62. The number of aromatic nitrogens is 4. The molecule has 2 aromatic rings. The average Bonchev–Trinajstić information content (AvgIpc) is 2.78. The standard InChI is InChI=1S/C13H18ClN5/c1-4-5-10-12(14)16-9-17-13(10)19(3)8-11-15-6-7-18(11)2/h6-7,9H,4-5,8H2,1-3H3. The van der Waals surface area contributed by atoms with Crippen LogP contribution in [-0.2, 0) is 20.0 Å². The molecule has 102 valence electrons. The zero-order valence-corrected chi connectivity index (χ0v) is 12.2. The van der Waals surface area contributed by atoms with Gasteiger partial charge in [-0.05, 0) is 6.42 Å². The van der Waals surface area contributed by atoms with Crippen LogP contribution in [0.3, 0.4) is 0 Å². The molecular formula is C13H18ClN5. The molecule has 0 aliphatic rings. The molecule has 0 aliphatic carbocycles. The number of hydrogen-bond acceptors (Lipinski definition) is 4. The fraction of sp³-hybridized carbons (Fsp3) is 0.462. The third kappa shape index (κ3) is 3.04. The van der Waals surface area contributed by atoms with Crippen molar-refractivity contribution in [3.05, 3.63) is 35.3 Å². The number of rotatable bonds is 5. The summed E-state index contributed by atoms with van der Waals surface area (Å²) in [5.74, 6) is 1.87. The first kappa shape index (κ1) is 13.8. The molecule has 0 aliphatic heterocycles. The van der Waals surface area contributed by atoms with Crippen molar-refractivity contribution in [3.63, 3.8) is 0 Å². The Morgan fingerprint density at radius 3 is 2.74 bits per heavy atom. The Bertz CT molecular complexity index is 552. The van der Waals surface area contributed by atoms with Gasteiger partial charge in [0.15, 0.2) is 0 Å². The highest BCUT2D eigenvalue weighted by atomic mass is 35.5. The molecule has 0 saturated heterocycles. The average molecular weight is 280 g/mol. The summed E-state index contributed by atoms with van der Waals surface area (Å²) in [7, 11) is 3.97. The number of hydrogen-bond donors (Lipinski definition) is 0. The predicted octanol–water partition coefficient (Wildman–Crippen LogP) is 2.45. The van der Waals surface area contributed by atoms with Crippen LogP contribution in [0.15, 0.2) is 18.7 Å². The normalized spacial score (nSPS) is 10.7. The highest BCUT2D eigenvalue weighted by Gasteiger charge is 2.14. The van der Waals surface area contributed by atoms with E-state index in [-0.39, 0.29) is 0 Å². The highest BCUT2D eigenvalue weighted by molar-refractivity contribution is 6.30. The van der Waals surface area contributed by atoms with Gasteiger partial charge in [0.25, 0.3) is 0 Å². The van der Waals surface area contributed by atoms with E-state index in [1.54, 1.807) is 6.20 Å². The van der Waals surface area contributed by atoms with Crippen molar-refractivity contribution in [2.45, 2.75) is 26.3 Å². The molecule has 0 spiro atoms. The molecule has 0 aromatic carbocycles. The van der Waals surface area contributed by atoms with Crippen molar-refractivity contribution in [2.75, 3.05) is 11.9 Å². The van der Waals surface area contributed by atoms with E-state index in [0.29, 0.717) is 11.7 Å². The molecule has 0 atom stereocenters. The number of nitrogens with zero attached hydrogens (tertiary/aromatic N) is 5. The third-order valence-corrected chi connectivity index (χ3v) is 3.36. The van der Waals surface area contributed by atoms with Gasteiger partial charge in [-0.1, -0.05) is 24.9 Å². The molecule has 0 amide bonds. The van der Waals surface area contributed by atoms with E-state index in [4.69, 9.17) is 11.6 Å². The first-order valence-corrected chi connectivity index (χ1v) is 6.68. The maximum absolute atomic E-state index is 6.17. The van der Waals surface area contributed by atoms with Crippen LogP contribution in [0.1, 0.15) is 24.7 Å². The lowest BCUT2D eigenvalue weighted by Gasteiger charge is -2.21. The van der Waals surface area contributed by atoms with Crippen LogP contribution in [0.2, 0.25) is 5.15 Å². The first-order chi connectivity index (χ1) is 9.13. The Morgan fingerprint density at radius 1 is 1.32 bits per heavy atom. The fourth-order valence-electron chi connectivity index (χ4n) is 2.01. The van der Waals surface area contributed by atoms with Crippen molar-refractivity contribution >= 4 is 17.4 Å².